The van der Waals surface area contributed by atoms with Gasteiger partial charge in [-0.25, -0.2) is 0 Å². The van der Waals surface area contributed by atoms with Crippen LogP contribution < -0.4 is 15.0 Å². The maximum Gasteiger partial charge on any atom is 0.238 e. The summed E-state index contributed by atoms with van der Waals surface area (Å²) in [7, 11) is 0. The zero-order valence-corrected chi connectivity index (χ0v) is 17.3. The maximum atomic E-state index is 12.6. The van der Waals surface area contributed by atoms with Gasteiger partial charge >= 0.3 is 0 Å². The van der Waals surface area contributed by atoms with Crippen molar-refractivity contribution in [1.82, 2.24) is 4.90 Å². The smallest absolute Gasteiger partial charge is 0.238 e. The van der Waals surface area contributed by atoms with Crippen molar-refractivity contribution in [3.63, 3.8) is 0 Å². The fourth-order valence-electron chi connectivity index (χ4n) is 4.46. The van der Waals surface area contributed by atoms with Crippen molar-refractivity contribution < 1.29 is 9.53 Å². The van der Waals surface area contributed by atoms with Crippen LogP contribution in [0.25, 0.3) is 0 Å². The van der Waals surface area contributed by atoms with Crippen LogP contribution in [-0.2, 0) is 4.79 Å². The van der Waals surface area contributed by atoms with Gasteiger partial charge in [-0.15, -0.1) is 0 Å². The van der Waals surface area contributed by atoms with E-state index in [1.54, 1.807) is 0 Å². The maximum absolute atomic E-state index is 12.6. The molecule has 0 radical (unpaired) electrons. The van der Waals surface area contributed by atoms with E-state index in [1.165, 1.54) is 24.1 Å². The molecule has 1 N–H and O–H groups in total. The molecule has 2 saturated heterocycles. The Morgan fingerprint density at radius 2 is 1.72 bits per heavy atom. The molecule has 1 atom stereocenters. The third-order valence-corrected chi connectivity index (χ3v) is 5.91. The highest BCUT2D eigenvalue weighted by molar-refractivity contribution is 5.92. The van der Waals surface area contributed by atoms with E-state index in [0.717, 1.165) is 43.9 Å². The topological polar surface area (TPSA) is 44.8 Å². The van der Waals surface area contributed by atoms with Gasteiger partial charge in [-0.05, 0) is 81.1 Å². The van der Waals surface area contributed by atoms with E-state index in [9.17, 15) is 4.79 Å². The summed E-state index contributed by atoms with van der Waals surface area (Å²) in [6.45, 7) is 6.31. The summed E-state index contributed by atoms with van der Waals surface area (Å²) in [6, 6.07) is 16.9. The molecule has 2 aromatic carbocycles. The Morgan fingerprint density at radius 1 is 1.00 bits per heavy atom. The Kier molecular flexibility index (Phi) is 6.35. The van der Waals surface area contributed by atoms with Gasteiger partial charge in [0.1, 0.15) is 5.75 Å². The zero-order chi connectivity index (χ0) is 20.1. The normalized spacial score (nSPS) is 19.5. The number of hydrogen-bond acceptors (Lipinski definition) is 4. The minimum Gasteiger partial charge on any atom is -0.494 e. The van der Waals surface area contributed by atoms with Crippen molar-refractivity contribution in [2.45, 2.75) is 38.6 Å². The first-order chi connectivity index (χ1) is 14.2. The van der Waals surface area contributed by atoms with Crippen LogP contribution in [0.1, 0.15) is 44.2 Å². The average Bonchev–Trinajstić information content (AvgIpc) is 3.42. The number of nitrogens with zero attached hydrogens (tertiary/aromatic N) is 2. The number of rotatable bonds is 7. The molecule has 0 aromatic heterocycles. The van der Waals surface area contributed by atoms with Crippen LogP contribution in [0, 0.1) is 0 Å². The lowest BCUT2D eigenvalue weighted by Crippen LogP contribution is -2.32. The molecule has 2 heterocycles. The second-order valence-corrected chi connectivity index (χ2v) is 7.92. The summed E-state index contributed by atoms with van der Waals surface area (Å²) < 4.78 is 5.54. The molecule has 0 saturated carbocycles. The molecule has 0 aliphatic carbocycles. The fraction of sp³-hybridized carbons (Fsp3) is 0.458. The lowest BCUT2D eigenvalue weighted by molar-refractivity contribution is -0.117. The monoisotopic (exact) mass is 393 g/mol. The number of likely N-dealkylation sites (tertiary alicyclic amines) is 1. The van der Waals surface area contributed by atoms with E-state index >= 15 is 0 Å². The van der Waals surface area contributed by atoms with E-state index in [-0.39, 0.29) is 5.91 Å². The number of carbonyl (C=O) groups is 1. The SMILES string of the molecule is CCOc1ccc(C2CCCN2CC(=O)Nc2ccc(N3CCCC3)cc2)cc1. The molecule has 2 aliphatic heterocycles. The highest BCUT2D eigenvalue weighted by Crippen LogP contribution is 2.32. The Balaban J connectivity index is 1.33. The molecule has 5 nitrogen and oxygen atoms in total. The zero-order valence-electron chi connectivity index (χ0n) is 17.3. The lowest BCUT2D eigenvalue weighted by Gasteiger charge is -2.24. The van der Waals surface area contributed by atoms with E-state index in [2.05, 4.69) is 39.4 Å². The number of nitrogens with one attached hydrogen (secondary N) is 1. The van der Waals surface area contributed by atoms with Gasteiger partial charge in [0.2, 0.25) is 5.91 Å². The molecule has 154 valence electrons. The molecule has 0 bridgehead atoms. The largest absolute Gasteiger partial charge is 0.494 e. The van der Waals surface area contributed by atoms with Crippen LogP contribution >= 0.6 is 0 Å². The molecule has 2 fully saturated rings. The third kappa shape index (κ3) is 4.91. The quantitative estimate of drug-likeness (QED) is 0.754. The summed E-state index contributed by atoms with van der Waals surface area (Å²) in [4.78, 5) is 17.3. The summed E-state index contributed by atoms with van der Waals surface area (Å²) in [5, 5.41) is 3.07. The number of hydrogen-bond donors (Lipinski definition) is 1. The highest BCUT2D eigenvalue weighted by Gasteiger charge is 2.27. The number of anilines is 2. The van der Waals surface area contributed by atoms with Gasteiger partial charge in [-0.2, -0.15) is 0 Å². The predicted molar refractivity (Wildman–Crippen MR) is 118 cm³/mol. The second-order valence-electron chi connectivity index (χ2n) is 7.92. The van der Waals surface area contributed by atoms with Crippen molar-refractivity contribution in [2.24, 2.45) is 0 Å². The van der Waals surface area contributed by atoms with E-state index in [1.807, 2.05) is 31.2 Å². The van der Waals surface area contributed by atoms with Gasteiger partial charge < -0.3 is 15.0 Å². The molecule has 29 heavy (non-hydrogen) atoms. The molecule has 1 amide bonds. The first-order valence-electron chi connectivity index (χ1n) is 10.8. The number of benzene rings is 2. The van der Waals surface area contributed by atoms with Crippen molar-refractivity contribution in [3.05, 3.63) is 54.1 Å². The first kappa shape index (κ1) is 19.8. The Morgan fingerprint density at radius 3 is 2.41 bits per heavy atom. The number of carbonyl (C=O) groups excluding carboxylic acids is 1. The van der Waals surface area contributed by atoms with Crippen molar-refractivity contribution in [1.29, 1.82) is 0 Å². The van der Waals surface area contributed by atoms with Crippen LogP contribution in [-0.4, -0.2) is 43.6 Å². The Bertz CT molecular complexity index is 798. The van der Waals surface area contributed by atoms with E-state index in [0.29, 0.717) is 19.2 Å². The van der Waals surface area contributed by atoms with E-state index in [4.69, 9.17) is 4.74 Å². The predicted octanol–water partition coefficient (Wildman–Crippen LogP) is 4.46. The number of ether oxygens (including phenoxy) is 1. The molecule has 0 spiro atoms. The van der Waals surface area contributed by atoms with Crippen molar-refractivity contribution in [2.75, 3.05) is 43.0 Å². The molecule has 1 unspecified atom stereocenters. The number of amides is 1. The van der Waals surface area contributed by atoms with Crippen LogP contribution in [0.4, 0.5) is 11.4 Å². The van der Waals surface area contributed by atoms with E-state index < -0.39 is 0 Å². The van der Waals surface area contributed by atoms with Gasteiger partial charge in [0.05, 0.1) is 13.2 Å². The van der Waals surface area contributed by atoms with Crippen molar-refractivity contribution >= 4 is 17.3 Å². The molecular weight excluding hydrogens is 362 g/mol. The van der Waals surface area contributed by atoms with Crippen LogP contribution in [0.3, 0.4) is 0 Å². The second kappa shape index (κ2) is 9.31. The van der Waals surface area contributed by atoms with Crippen LogP contribution in [0.2, 0.25) is 0 Å². The van der Waals surface area contributed by atoms with Crippen LogP contribution in [0.15, 0.2) is 48.5 Å². The third-order valence-electron chi connectivity index (χ3n) is 5.91. The molecular formula is C24H31N3O2. The average molecular weight is 394 g/mol. The summed E-state index contributed by atoms with van der Waals surface area (Å²) in [5.74, 6) is 0.952. The van der Waals surface area contributed by atoms with Crippen LogP contribution in [0.5, 0.6) is 5.75 Å². The highest BCUT2D eigenvalue weighted by atomic mass is 16.5. The van der Waals surface area contributed by atoms with Gasteiger partial charge in [-0.3, -0.25) is 9.69 Å². The summed E-state index contributed by atoms with van der Waals surface area (Å²) >= 11 is 0. The van der Waals surface area contributed by atoms with Gasteiger partial charge in [0.25, 0.3) is 0 Å². The molecule has 4 rings (SSSR count). The molecule has 2 aliphatic rings. The van der Waals surface area contributed by atoms with Gasteiger partial charge in [-0.1, -0.05) is 12.1 Å². The molecule has 2 aromatic rings. The fourth-order valence-corrected chi connectivity index (χ4v) is 4.46. The Labute approximate surface area is 173 Å². The van der Waals surface area contributed by atoms with Gasteiger partial charge in [0.15, 0.2) is 0 Å². The minimum atomic E-state index is 0.0526. The lowest BCUT2D eigenvalue weighted by atomic mass is 10.0. The molecule has 5 heteroatoms. The standard InChI is InChI=1S/C24H31N3O2/c1-2-29-22-13-7-19(8-14-22)23-6-5-17-27(23)18-24(28)25-20-9-11-21(12-10-20)26-15-3-4-16-26/h7-14,23H,2-6,15-18H2,1H3,(H,25,28). The summed E-state index contributed by atoms with van der Waals surface area (Å²) in [6.07, 6.45) is 4.75. The summed E-state index contributed by atoms with van der Waals surface area (Å²) in [5.41, 5.74) is 3.37. The first-order valence-corrected chi connectivity index (χ1v) is 10.8. The Hall–Kier alpha value is -2.53. The minimum absolute atomic E-state index is 0.0526. The van der Waals surface area contributed by atoms with Gasteiger partial charge in [0, 0.05) is 30.5 Å². The van der Waals surface area contributed by atoms with Crippen molar-refractivity contribution in [3.8, 4) is 5.75 Å².